The molecule has 2 N–H and O–H groups in total. The van der Waals surface area contributed by atoms with Gasteiger partial charge in [0, 0.05) is 25.0 Å². The maximum absolute atomic E-state index is 14.1. The molecule has 5 amide bonds. The monoisotopic (exact) mass is 501 g/mol. The molecule has 1 atom stereocenters. The van der Waals surface area contributed by atoms with Crippen LogP contribution in [0.2, 0.25) is 0 Å². The van der Waals surface area contributed by atoms with E-state index < -0.39 is 18.2 Å². The quantitative estimate of drug-likeness (QED) is 0.423. The van der Waals surface area contributed by atoms with Crippen molar-refractivity contribution >= 4 is 40.7 Å². The summed E-state index contributed by atoms with van der Waals surface area (Å²) < 4.78 is 5.68. The van der Waals surface area contributed by atoms with E-state index in [1.807, 2.05) is 43.3 Å². The van der Waals surface area contributed by atoms with Crippen molar-refractivity contribution < 1.29 is 19.1 Å². The Morgan fingerprint density at radius 2 is 1.65 bits per heavy atom. The molecule has 0 fully saturated rings. The third-order valence-electron chi connectivity index (χ3n) is 5.97. The molecule has 0 radical (unpaired) electrons. The predicted octanol–water partition coefficient (Wildman–Crippen LogP) is 5.72. The van der Waals surface area contributed by atoms with Gasteiger partial charge in [-0.3, -0.25) is 9.69 Å². The molecule has 3 aromatic rings. The second-order valence-corrected chi connectivity index (χ2v) is 8.68. The standard InChI is InChI=1S/C28H31N5O4/c1-4-5-18-32(23-16-17-25-24(19-23)30-26(34)20(2)37-25)28(36)33(22-14-10-7-11-15-22)31(3)27(35)29-21-12-8-6-9-13-21/h6-17,19-20H,4-5,18H2,1-3H3,(H,29,35)(H,30,34). The first-order valence-corrected chi connectivity index (χ1v) is 12.3. The van der Waals surface area contributed by atoms with E-state index >= 15 is 0 Å². The van der Waals surface area contributed by atoms with Crippen molar-refractivity contribution in [1.82, 2.24) is 5.01 Å². The van der Waals surface area contributed by atoms with Crippen molar-refractivity contribution in [1.29, 1.82) is 0 Å². The van der Waals surface area contributed by atoms with Gasteiger partial charge in [-0.05, 0) is 55.8 Å². The van der Waals surface area contributed by atoms with Crippen molar-refractivity contribution in [2.45, 2.75) is 32.8 Å². The summed E-state index contributed by atoms with van der Waals surface area (Å²) in [5.74, 6) is 0.289. The number of rotatable bonds is 6. The van der Waals surface area contributed by atoms with Crippen LogP contribution in [0, 0.1) is 0 Å². The molecule has 37 heavy (non-hydrogen) atoms. The van der Waals surface area contributed by atoms with Gasteiger partial charge < -0.3 is 15.4 Å². The Morgan fingerprint density at radius 1 is 0.973 bits per heavy atom. The zero-order chi connectivity index (χ0) is 26.4. The average Bonchev–Trinajstić information content (AvgIpc) is 2.91. The van der Waals surface area contributed by atoms with Gasteiger partial charge in [-0.25, -0.2) is 14.6 Å². The molecule has 9 nitrogen and oxygen atoms in total. The van der Waals surface area contributed by atoms with Crippen LogP contribution in [0.15, 0.2) is 78.9 Å². The molecule has 1 unspecified atom stereocenters. The number of nitrogens with one attached hydrogen (secondary N) is 2. The van der Waals surface area contributed by atoms with Crippen molar-refractivity contribution in [3.05, 3.63) is 78.9 Å². The number of urea groups is 2. The number of fused-ring (bicyclic) bond motifs is 1. The second-order valence-electron chi connectivity index (χ2n) is 8.68. The van der Waals surface area contributed by atoms with Crippen LogP contribution in [-0.2, 0) is 4.79 Å². The highest BCUT2D eigenvalue weighted by molar-refractivity contribution is 6.07. The lowest BCUT2D eigenvalue weighted by atomic mass is 10.2. The van der Waals surface area contributed by atoms with Crippen LogP contribution < -0.4 is 25.3 Å². The topological polar surface area (TPSA) is 94.2 Å². The minimum atomic E-state index is -0.596. The number of hydrazine groups is 1. The number of carbonyl (C=O) groups excluding carboxylic acids is 3. The minimum absolute atomic E-state index is 0.251. The average molecular weight is 502 g/mol. The van der Waals surface area contributed by atoms with E-state index in [2.05, 4.69) is 10.6 Å². The Labute approximate surface area is 216 Å². The van der Waals surface area contributed by atoms with Gasteiger partial charge in [-0.2, -0.15) is 5.01 Å². The zero-order valence-electron chi connectivity index (χ0n) is 21.2. The van der Waals surface area contributed by atoms with E-state index in [1.165, 1.54) is 10.0 Å². The Kier molecular flexibility index (Phi) is 7.92. The first-order chi connectivity index (χ1) is 17.9. The number of carbonyl (C=O) groups is 3. The van der Waals surface area contributed by atoms with E-state index in [-0.39, 0.29) is 5.91 Å². The highest BCUT2D eigenvalue weighted by Gasteiger charge is 2.31. The molecule has 0 saturated carbocycles. The van der Waals surface area contributed by atoms with Gasteiger partial charge in [0.1, 0.15) is 5.75 Å². The van der Waals surface area contributed by atoms with Crippen LogP contribution in [0.3, 0.4) is 0 Å². The van der Waals surface area contributed by atoms with E-state index in [4.69, 9.17) is 4.74 Å². The fourth-order valence-corrected chi connectivity index (χ4v) is 3.93. The maximum Gasteiger partial charge on any atom is 0.348 e. The van der Waals surface area contributed by atoms with Crippen LogP contribution >= 0.6 is 0 Å². The summed E-state index contributed by atoms with van der Waals surface area (Å²) in [7, 11) is 1.55. The van der Waals surface area contributed by atoms with Gasteiger partial charge >= 0.3 is 12.1 Å². The highest BCUT2D eigenvalue weighted by Crippen LogP contribution is 2.34. The number of amides is 5. The van der Waals surface area contributed by atoms with Gasteiger partial charge in [0.05, 0.1) is 11.4 Å². The van der Waals surface area contributed by atoms with Gasteiger partial charge in [-0.15, -0.1) is 0 Å². The predicted molar refractivity (Wildman–Crippen MR) is 145 cm³/mol. The number of ether oxygens (including phenoxy) is 1. The largest absolute Gasteiger partial charge is 0.479 e. The lowest BCUT2D eigenvalue weighted by molar-refractivity contribution is -0.122. The minimum Gasteiger partial charge on any atom is -0.479 e. The summed E-state index contributed by atoms with van der Waals surface area (Å²) in [5, 5.41) is 8.26. The fraction of sp³-hybridized carbons (Fsp3) is 0.250. The number of nitrogens with zero attached hydrogens (tertiary/aromatic N) is 3. The summed E-state index contributed by atoms with van der Waals surface area (Å²) in [6.07, 6.45) is 1.01. The normalized spacial score (nSPS) is 14.0. The van der Waals surface area contributed by atoms with Gasteiger partial charge in [0.2, 0.25) is 0 Å². The number of hydrogen-bond donors (Lipinski definition) is 2. The molecule has 3 aromatic carbocycles. The summed E-state index contributed by atoms with van der Waals surface area (Å²) in [5.41, 5.74) is 2.22. The Hall–Kier alpha value is -4.53. The zero-order valence-corrected chi connectivity index (χ0v) is 21.2. The molecule has 0 aromatic heterocycles. The summed E-state index contributed by atoms with van der Waals surface area (Å²) in [6.45, 7) is 4.13. The van der Waals surface area contributed by atoms with E-state index in [1.54, 1.807) is 61.3 Å². The lowest BCUT2D eigenvalue weighted by Gasteiger charge is -2.36. The van der Waals surface area contributed by atoms with E-state index in [0.29, 0.717) is 35.0 Å². The molecule has 0 aliphatic carbocycles. The molecule has 1 aliphatic rings. The summed E-state index contributed by atoms with van der Waals surface area (Å²) >= 11 is 0. The van der Waals surface area contributed by atoms with Crippen LogP contribution in [0.5, 0.6) is 5.75 Å². The molecule has 4 rings (SSSR count). The van der Waals surface area contributed by atoms with Gasteiger partial charge in [-0.1, -0.05) is 49.7 Å². The van der Waals surface area contributed by atoms with Crippen LogP contribution in [0.1, 0.15) is 26.7 Å². The van der Waals surface area contributed by atoms with Crippen LogP contribution in [0.4, 0.5) is 32.3 Å². The molecule has 9 heteroatoms. The Bertz CT molecular complexity index is 1250. The molecule has 1 heterocycles. The van der Waals surface area contributed by atoms with Gasteiger partial charge in [0.15, 0.2) is 6.10 Å². The SMILES string of the molecule is CCCCN(C(=O)N(c1ccccc1)N(C)C(=O)Nc1ccccc1)c1ccc2c(c1)NC(=O)C(C)O2. The number of para-hydroxylation sites is 2. The summed E-state index contributed by atoms with van der Waals surface area (Å²) in [6, 6.07) is 22.4. The number of unbranched alkanes of at least 4 members (excludes halogenated alkanes) is 1. The molecular formula is C28H31N5O4. The number of hydrogen-bond acceptors (Lipinski definition) is 4. The Morgan fingerprint density at radius 3 is 2.32 bits per heavy atom. The molecule has 0 saturated heterocycles. The third kappa shape index (κ3) is 5.83. The first kappa shape index (κ1) is 25.6. The van der Waals surface area contributed by atoms with E-state index in [0.717, 1.165) is 12.8 Å². The number of anilines is 4. The van der Waals surface area contributed by atoms with Crippen LogP contribution in [0.25, 0.3) is 0 Å². The van der Waals surface area contributed by atoms with E-state index in [9.17, 15) is 14.4 Å². The maximum atomic E-state index is 14.1. The lowest BCUT2D eigenvalue weighted by Crippen LogP contribution is -2.54. The molecule has 0 bridgehead atoms. The first-order valence-electron chi connectivity index (χ1n) is 12.3. The highest BCUT2D eigenvalue weighted by atomic mass is 16.5. The Balaban J connectivity index is 1.68. The van der Waals surface area contributed by atoms with Crippen molar-refractivity contribution in [3.8, 4) is 5.75 Å². The molecule has 0 spiro atoms. The molecule has 192 valence electrons. The third-order valence-corrected chi connectivity index (χ3v) is 5.97. The molecule has 1 aliphatic heterocycles. The summed E-state index contributed by atoms with van der Waals surface area (Å²) in [4.78, 5) is 41.1. The van der Waals surface area contributed by atoms with Crippen molar-refractivity contribution in [2.24, 2.45) is 0 Å². The second kappa shape index (κ2) is 11.5. The molecular weight excluding hydrogens is 470 g/mol. The number of benzene rings is 3. The van der Waals surface area contributed by atoms with Crippen LogP contribution in [-0.4, -0.2) is 42.7 Å². The van der Waals surface area contributed by atoms with Crippen molar-refractivity contribution in [3.63, 3.8) is 0 Å². The smallest absolute Gasteiger partial charge is 0.348 e. The fourth-order valence-electron chi connectivity index (χ4n) is 3.93. The van der Waals surface area contributed by atoms with Gasteiger partial charge in [0.25, 0.3) is 5.91 Å². The van der Waals surface area contributed by atoms with Crippen molar-refractivity contribution in [2.75, 3.05) is 34.1 Å².